The third kappa shape index (κ3) is 4.68. The van der Waals surface area contributed by atoms with Crippen molar-refractivity contribution in [1.82, 2.24) is 14.9 Å². The van der Waals surface area contributed by atoms with E-state index in [2.05, 4.69) is 20.2 Å². The number of carbonyl (C=O) groups excluding carboxylic acids is 1. The molecule has 5 rings (SSSR count). The van der Waals surface area contributed by atoms with Gasteiger partial charge in [-0.3, -0.25) is 0 Å². The Labute approximate surface area is 196 Å². The number of hydrogen-bond acceptors (Lipinski definition) is 5. The van der Waals surface area contributed by atoms with Crippen molar-refractivity contribution in [2.45, 2.75) is 0 Å². The minimum atomic E-state index is -0.128. The molecule has 0 bridgehead atoms. The lowest BCUT2D eigenvalue weighted by atomic mass is 10.2. The summed E-state index contributed by atoms with van der Waals surface area (Å²) in [4.78, 5) is 25.5. The van der Waals surface area contributed by atoms with Gasteiger partial charge in [0.2, 0.25) is 0 Å². The molecular formula is C25H22ClN5O2. The molecule has 33 heavy (non-hydrogen) atoms. The van der Waals surface area contributed by atoms with Crippen LogP contribution in [0, 0.1) is 0 Å². The molecule has 4 aromatic rings. The summed E-state index contributed by atoms with van der Waals surface area (Å²) >= 11 is 6.42. The van der Waals surface area contributed by atoms with Crippen molar-refractivity contribution < 1.29 is 9.53 Å². The highest BCUT2D eigenvalue weighted by molar-refractivity contribution is 6.36. The van der Waals surface area contributed by atoms with Crippen LogP contribution < -0.4 is 15.0 Å². The van der Waals surface area contributed by atoms with Gasteiger partial charge in [0.25, 0.3) is 0 Å². The van der Waals surface area contributed by atoms with Gasteiger partial charge in [-0.15, -0.1) is 0 Å². The van der Waals surface area contributed by atoms with Gasteiger partial charge in [0.05, 0.1) is 15.9 Å². The maximum Gasteiger partial charge on any atom is 0.321 e. The number of halogens is 1. The number of fused-ring (bicyclic) bond motifs is 1. The molecule has 2 amide bonds. The van der Waals surface area contributed by atoms with Gasteiger partial charge < -0.3 is 19.9 Å². The van der Waals surface area contributed by atoms with Crippen LogP contribution in [0.3, 0.4) is 0 Å². The van der Waals surface area contributed by atoms with Crippen LogP contribution in [-0.2, 0) is 0 Å². The second-order valence-electron chi connectivity index (χ2n) is 7.67. The van der Waals surface area contributed by atoms with Gasteiger partial charge in [-0.1, -0.05) is 35.9 Å². The molecule has 166 valence electrons. The average molecular weight is 460 g/mol. The van der Waals surface area contributed by atoms with Gasteiger partial charge in [0.1, 0.15) is 23.6 Å². The van der Waals surface area contributed by atoms with E-state index in [0.29, 0.717) is 37.0 Å². The smallest absolute Gasteiger partial charge is 0.321 e. The van der Waals surface area contributed by atoms with E-state index < -0.39 is 0 Å². The molecule has 0 saturated carbocycles. The lowest BCUT2D eigenvalue weighted by Gasteiger charge is -2.35. The van der Waals surface area contributed by atoms with Crippen molar-refractivity contribution in [3.05, 3.63) is 84.1 Å². The molecule has 1 aliphatic heterocycles. The Morgan fingerprint density at radius 1 is 0.848 bits per heavy atom. The Bertz CT molecular complexity index is 1250. The fourth-order valence-corrected chi connectivity index (χ4v) is 4.10. The minimum absolute atomic E-state index is 0.128. The van der Waals surface area contributed by atoms with E-state index in [1.807, 2.05) is 72.8 Å². The highest BCUT2D eigenvalue weighted by Gasteiger charge is 2.24. The van der Waals surface area contributed by atoms with Gasteiger partial charge in [-0.05, 0) is 48.5 Å². The topological polar surface area (TPSA) is 70.6 Å². The minimum Gasteiger partial charge on any atom is -0.457 e. The van der Waals surface area contributed by atoms with Crippen LogP contribution in [0.15, 0.2) is 79.1 Å². The monoisotopic (exact) mass is 459 g/mol. The fourth-order valence-electron chi connectivity index (χ4n) is 3.85. The van der Waals surface area contributed by atoms with Crippen molar-refractivity contribution in [3.63, 3.8) is 0 Å². The summed E-state index contributed by atoms with van der Waals surface area (Å²) < 4.78 is 5.80. The fraction of sp³-hybridized carbons (Fsp3) is 0.160. The van der Waals surface area contributed by atoms with Crippen LogP contribution in [0.1, 0.15) is 0 Å². The lowest BCUT2D eigenvalue weighted by molar-refractivity contribution is 0.208. The summed E-state index contributed by atoms with van der Waals surface area (Å²) in [5, 5.41) is 4.43. The molecule has 0 atom stereocenters. The third-order valence-electron chi connectivity index (χ3n) is 5.54. The number of nitrogens with one attached hydrogen (secondary N) is 1. The average Bonchev–Trinajstić information content (AvgIpc) is 2.86. The molecule has 1 N–H and O–H groups in total. The number of para-hydroxylation sites is 1. The molecule has 0 aliphatic carbocycles. The van der Waals surface area contributed by atoms with E-state index >= 15 is 0 Å². The van der Waals surface area contributed by atoms with Gasteiger partial charge in [-0.2, -0.15) is 0 Å². The van der Waals surface area contributed by atoms with Crippen LogP contribution in [0.4, 0.5) is 16.3 Å². The molecule has 8 heteroatoms. The number of carbonyl (C=O) groups is 1. The first-order valence-corrected chi connectivity index (χ1v) is 11.1. The number of hydrogen-bond donors (Lipinski definition) is 1. The summed E-state index contributed by atoms with van der Waals surface area (Å²) in [5.41, 5.74) is 1.53. The maximum atomic E-state index is 12.8. The molecule has 1 saturated heterocycles. The third-order valence-corrected chi connectivity index (χ3v) is 5.86. The van der Waals surface area contributed by atoms with Crippen molar-refractivity contribution >= 4 is 40.0 Å². The molecule has 1 fully saturated rings. The van der Waals surface area contributed by atoms with Crippen LogP contribution in [0.5, 0.6) is 11.5 Å². The number of nitrogens with zero attached hydrogens (tertiary/aromatic N) is 4. The van der Waals surface area contributed by atoms with Crippen LogP contribution >= 0.6 is 11.6 Å². The number of rotatable bonds is 4. The van der Waals surface area contributed by atoms with Crippen molar-refractivity contribution in [2.24, 2.45) is 0 Å². The molecular weight excluding hydrogens is 438 g/mol. The molecule has 1 aliphatic rings. The molecule has 7 nitrogen and oxygen atoms in total. The zero-order valence-corrected chi connectivity index (χ0v) is 18.6. The summed E-state index contributed by atoms with van der Waals surface area (Å²) in [6.07, 6.45) is 1.55. The normalized spacial score (nSPS) is 13.7. The maximum absolute atomic E-state index is 12.8. The van der Waals surface area contributed by atoms with E-state index in [-0.39, 0.29) is 6.03 Å². The predicted octanol–water partition coefficient (Wildman–Crippen LogP) is 5.43. The summed E-state index contributed by atoms with van der Waals surface area (Å²) in [6.45, 7) is 2.48. The second kappa shape index (κ2) is 9.34. The van der Waals surface area contributed by atoms with Gasteiger partial charge in [-0.25, -0.2) is 14.8 Å². The Hall–Kier alpha value is -3.84. The molecule has 1 aromatic heterocycles. The van der Waals surface area contributed by atoms with E-state index in [4.69, 9.17) is 16.3 Å². The van der Waals surface area contributed by atoms with E-state index in [1.54, 1.807) is 11.2 Å². The van der Waals surface area contributed by atoms with Crippen LogP contribution in [0.25, 0.3) is 10.9 Å². The zero-order valence-electron chi connectivity index (χ0n) is 17.8. The predicted molar refractivity (Wildman–Crippen MR) is 130 cm³/mol. The SMILES string of the molecule is O=C(Nc1ccc(Oc2ccccc2)cc1)N1CCN(c2ncnc3cccc(Cl)c23)CC1. The summed E-state index contributed by atoms with van der Waals surface area (Å²) in [7, 11) is 0. The van der Waals surface area contributed by atoms with Crippen LogP contribution in [0.2, 0.25) is 5.02 Å². The van der Waals surface area contributed by atoms with E-state index in [9.17, 15) is 4.79 Å². The molecule has 0 radical (unpaired) electrons. The number of piperazine rings is 1. The van der Waals surface area contributed by atoms with Crippen molar-refractivity contribution in [3.8, 4) is 11.5 Å². The van der Waals surface area contributed by atoms with Crippen molar-refractivity contribution in [1.29, 1.82) is 0 Å². The molecule has 0 unspecified atom stereocenters. The number of urea groups is 1. The molecule has 3 aromatic carbocycles. The number of aromatic nitrogens is 2. The largest absolute Gasteiger partial charge is 0.457 e. The van der Waals surface area contributed by atoms with Crippen molar-refractivity contribution in [2.75, 3.05) is 36.4 Å². The Balaban J connectivity index is 1.19. The standard InChI is InChI=1S/C25H22ClN5O2/c26-21-7-4-8-22-23(21)24(28-17-27-22)30-13-15-31(16-14-30)25(32)29-18-9-11-20(12-10-18)33-19-5-2-1-3-6-19/h1-12,17H,13-16H2,(H,29,32). The number of amides is 2. The number of ether oxygens (including phenoxy) is 1. The van der Waals surface area contributed by atoms with Gasteiger partial charge in [0.15, 0.2) is 0 Å². The first-order chi connectivity index (χ1) is 16.2. The number of anilines is 2. The summed E-state index contributed by atoms with van der Waals surface area (Å²) in [6, 6.07) is 22.4. The Kier molecular flexibility index (Phi) is 5.95. The van der Waals surface area contributed by atoms with E-state index in [0.717, 1.165) is 28.2 Å². The molecule has 2 heterocycles. The molecule has 0 spiro atoms. The Morgan fingerprint density at radius 3 is 2.33 bits per heavy atom. The van der Waals surface area contributed by atoms with Gasteiger partial charge in [0, 0.05) is 31.9 Å². The quantitative estimate of drug-likeness (QED) is 0.440. The summed E-state index contributed by atoms with van der Waals surface area (Å²) in [5.74, 6) is 2.29. The van der Waals surface area contributed by atoms with Gasteiger partial charge >= 0.3 is 6.03 Å². The number of benzene rings is 3. The van der Waals surface area contributed by atoms with Crippen LogP contribution in [-0.4, -0.2) is 47.1 Å². The lowest BCUT2D eigenvalue weighted by Crippen LogP contribution is -2.50. The van der Waals surface area contributed by atoms with E-state index in [1.165, 1.54) is 0 Å². The zero-order chi connectivity index (χ0) is 22.6. The first kappa shape index (κ1) is 21.0. The second-order valence-corrected chi connectivity index (χ2v) is 8.08. The highest BCUT2D eigenvalue weighted by Crippen LogP contribution is 2.30. The highest BCUT2D eigenvalue weighted by atomic mass is 35.5. The Morgan fingerprint density at radius 2 is 1.58 bits per heavy atom. The first-order valence-electron chi connectivity index (χ1n) is 10.7.